The monoisotopic (exact) mass is 308 g/mol. The van der Waals surface area contributed by atoms with E-state index in [4.69, 9.17) is 0 Å². The van der Waals surface area contributed by atoms with E-state index in [1.54, 1.807) is 24.3 Å². The predicted molar refractivity (Wildman–Crippen MR) is 83.9 cm³/mol. The van der Waals surface area contributed by atoms with Gasteiger partial charge in [-0.15, -0.1) is 0 Å². The van der Waals surface area contributed by atoms with Crippen LogP contribution in [0.5, 0.6) is 0 Å². The Hall–Kier alpha value is -1.66. The largest absolute Gasteiger partial charge is 0.322 e. The number of aromatic amines is 1. The standard InChI is InChI=1S/C15H20N2O3S/c1-3-5-10-17(4-2)21(19,20)13-7-8-14-12(11-13)6-9-15(18)16-14/h6-9,11H,3-5,10H2,1-2H3,(H,16,18). The number of nitrogens with one attached hydrogen (secondary N) is 1. The van der Waals surface area contributed by atoms with Crippen LogP contribution < -0.4 is 5.56 Å². The van der Waals surface area contributed by atoms with E-state index in [1.807, 2.05) is 13.8 Å². The molecule has 1 N–H and O–H groups in total. The van der Waals surface area contributed by atoms with Gasteiger partial charge in [0.05, 0.1) is 4.90 Å². The molecule has 6 heteroatoms. The molecule has 0 radical (unpaired) electrons. The lowest BCUT2D eigenvalue weighted by Crippen LogP contribution is -2.31. The van der Waals surface area contributed by atoms with Crippen molar-refractivity contribution in [1.29, 1.82) is 0 Å². The highest BCUT2D eigenvalue weighted by Gasteiger charge is 2.22. The molecule has 0 aliphatic carbocycles. The summed E-state index contributed by atoms with van der Waals surface area (Å²) in [5.41, 5.74) is 0.439. The van der Waals surface area contributed by atoms with Gasteiger partial charge in [-0.1, -0.05) is 20.3 Å². The molecule has 2 aromatic rings. The molecule has 0 bridgehead atoms. The summed E-state index contributed by atoms with van der Waals surface area (Å²) >= 11 is 0. The number of hydrogen-bond acceptors (Lipinski definition) is 3. The van der Waals surface area contributed by atoms with Crippen molar-refractivity contribution >= 4 is 20.9 Å². The molecule has 1 heterocycles. The maximum Gasteiger partial charge on any atom is 0.248 e. The third kappa shape index (κ3) is 3.33. The molecule has 114 valence electrons. The second-order valence-corrected chi connectivity index (χ2v) is 6.86. The predicted octanol–water partition coefficient (Wildman–Crippen LogP) is 2.34. The van der Waals surface area contributed by atoms with Crippen molar-refractivity contribution in [3.05, 3.63) is 40.7 Å². The third-order valence-electron chi connectivity index (χ3n) is 3.45. The fourth-order valence-electron chi connectivity index (χ4n) is 2.22. The quantitative estimate of drug-likeness (QED) is 0.890. The van der Waals surface area contributed by atoms with Gasteiger partial charge in [0, 0.05) is 24.7 Å². The van der Waals surface area contributed by atoms with Crippen LogP contribution in [0.15, 0.2) is 40.0 Å². The zero-order valence-corrected chi connectivity index (χ0v) is 13.1. The summed E-state index contributed by atoms with van der Waals surface area (Å²) in [6.45, 7) is 4.85. The van der Waals surface area contributed by atoms with Gasteiger partial charge >= 0.3 is 0 Å². The van der Waals surface area contributed by atoms with E-state index in [1.165, 1.54) is 10.4 Å². The van der Waals surface area contributed by atoms with Gasteiger partial charge in [-0.2, -0.15) is 4.31 Å². The van der Waals surface area contributed by atoms with Gasteiger partial charge in [-0.05, 0) is 36.1 Å². The van der Waals surface area contributed by atoms with Gasteiger partial charge in [0.2, 0.25) is 15.6 Å². The van der Waals surface area contributed by atoms with Crippen molar-refractivity contribution in [3.63, 3.8) is 0 Å². The highest BCUT2D eigenvalue weighted by Crippen LogP contribution is 2.20. The Balaban J connectivity index is 2.43. The first kappa shape index (κ1) is 15.7. The molecule has 0 fully saturated rings. The number of aromatic nitrogens is 1. The van der Waals surface area contributed by atoms with Gasteiger partial charge in [-0.3, -0.25) is 4.79 Å². The fourth-order valence-corrected chi connectivity index (χ4v) is 3.75. The molecule has 0 saturated heterocycles. The number of sulfonamides is 1. The number of hydrogen-bond donors (Lipinski definition) is 1. The van der Waals surface area contributed by atoms with Crippen LogP contribution >= 0.6 is 0 Å². The Morgan fingerprint density at radius 1 is 1.14 bits per heavy atom. The van der Waals surface area contributed by atoms with Crippen LogP contribution in [0.4, 0.5) is 0 Å². The minimum Gasteiger partial charge on any atom is -0.322 e. The second kappa shape index (κ2) is 6.41. The molecule has 0 aliphatic rings. The van der Waals surface area contributed by atoms with Crippen molar-refractivity contribution in [2.75, 3.05) is 13.1 Å². The van der Waals surface area contributed by atoms with Crippen molar-refractivity contribution in [2.45, 2.75) is 31.6 Å². The summed E-state index contributed by atoms with van der Waals surface area (Å²) in [5.74, 6) is 0. The molecule has 0 amide bonds. The molecule has 0 atom stereocenters. The molecule has 0 saturated carbocycles. The normalized spacial score (nSPS) is 12.1. The van der Waals surface area contributed by atoms with Crippen LogP contribution in [0.25, 0.3) is 10.9 Å². The molecule has 0 aliphatic heterocycles. The first-order valence-electron chi connectivity index (χ1n) is 7.12. The first-order chi connectivity index (χ1) is 9.98. The zero-order chi connectivity index (χ0) is 15.5. The van der Waals surface area contributed by atoms with Crippen molar-refractivity contribution < 1.29 is 8.42 Å². The van der Waals surface area contributed by atoms with Crippen LogP contribution in [0, 0.1) is 0 Å². The highest BCUT2D eigenvalue weighted by molar-refractivity contribution is 7.89. The SMILES string of the molecule is CCCCN(CC)S(=O)(=O)c1ccc2[nH]c(=O)ccc2c1. The molecule has 0 unspecified atom stereocenters. The number of benzene rings is 1. The van der Waals surface area contributed by atoms with Crippen LogP contribution in [0.1, 0.15) is 26.7 Å². The summed E-state index contributed by atoms with van der Waals surface area (Å²) in [6, 6.07) is 7.82. The summed E-state index contributed by atoms with van der Waals surface area (Å²) < 4.78 is 26.8. The lowest BCUT2D eigenvalue weighted by molar-refractivity contribution is 0.419. The number of nitrogens with zero attached hydrogens (tertiary/aromatic N) is 1. The van der Waals surface area contributed by atoms with Gasteiger partial charge < -0.3 is 4.98 Å². The van der Waals surface area contributed by atoms with Crippen LogP contribution in [-0.2, 0) is 10.0 Å². The first-order valence-corrected chi connectivity index (χ1v) is 8.56. The average molecular weight is 308 g/mol. The summed E-state index contributed by atoms with van der Waals surface area (Å²) in [4.78, 5) is 14.2. The second-order valence-electron chi connectivity index (χ2n) is 4.92. The Bertz CT molecular complexity index is 781. The van der Waals surface area contributed by atoms with E-state index >= 15 is 0 Å². The van der Waals surface area contributed by atoms with Gasteiger partial charge in [-0.25, -0.2) is 8.42 Å². The van der Waals surface area contributed by atoms with Crippen LogP contribution in [0.2, 0.25) is 0 Å². The Morgan fingerprint density at radius 2 is 1.90 bits per heavy atom. The molecule has 1 aromatic heterocycles. The molecular weight excluding hydrogens is 288 g/mol. The minimum atomic E-state index is -3.48. The topological polar surface area (TPSA) is 70.2 Å². The van der Waals surface area contributed by atoms with E-state index in [2.05, 4.69) is 4.98 Å². The molecule has 0 spiro atoms. The van der Waals surface area contributed by atoms with Crippen LogP contribution in [0.3, 0.4) is 0 Å². The Labute approximate surface area is 124 Å². The number of unbranched alkanes of at least 4 members (excludes halogenated alkanes) is 1. The van der Waals surface area contributed by atoms with E-state index in [0.29, 0.717) is 24.0 Å². The summed E-state index contributed by atoms with van der Waals surface area (Å²) in [5, 5.41) is 0.710. The molecule has 21 heavy (non-hydrogen) atoms. The maximum atomic E-state index is 12.6. The summed E-state index contributed by atoms with van der Waals surface area (Å²) in [7, 11) is -3.48. The van der Waals surface area contributed by atoms with Gasteiger partial charge in [0.25, 0.3) is 0 Å². The molecular formula is C15H20N2O3S. The summed E-state index contributed by atoms with van der Waals surface area (Å²) in [6.07, 6.45) is 1.79. The highest BCUT2D eigenvalue weighted by atomic mass is 32.2. The average Bonchev–Trinajstić information content (AvgIpc) is 2.47. The van der Waals surface area contributed by atoms with E-state index in [0.717, 1.165) is 12.8 Å². The van der Waals surface area contributed by atoms with Gasteiger partial charge in [0.1, 0.15) is 0 Å². The smallest absolute Gasteiger partial charge is 0.248 e. The lowest BCUT2D eigenvalue weighted by Gasteiger charge is -2.20. The van der Waals surface area contributed by atoms with Crippen molar-refractivity contribution in [2.24, 2.45) is 0 Å². The molecule has 2 rings (SSSR count). The Kier molecular flexibility index (Phi) is 4.80. The molecule has 5 nitrogen and oxygen atoms in total. The minimum absolute atomic E-state index is 0.198. The third-order valence-corrected chi connectivity index (χ3v) is 5.42. The van der Waals surface area contributed by atoms with E-state index in [9.17, 15) is 13.2 Å². The van der Waals surface area contributed by atoms with Crippen LogP contribution in [-0.4, -0.2) is 30.8 Å². The number of fused-ring (bicyclic) bond motifs is 1. The Morgan fingerprint density at radius 3 is 2.57 bits per heavy atom. The van der Waals surface area contributed by atoms with Crippen molar-refractivity contribution in [1.82, 2.24) is 9.29 Å². The number of rotatable bonds is 6. The van der Waals surface area contributed by atoms with E-state index < -0.39 is 10.0 Å². The number of pyridine rings is 1. The van der Waals surface area contributed by atoms with Gasteiger partial charge in [0.15, 0.2) is 0 Å². The lowest BCUT2D eigenvalue weighted by atomic mass is 10.2. The maximum absolute atomic E-state index is 12.6. The molecule has 1 aromatic carbocycles. The zero-order valence-electron chi connectivity index (χ0n) is 12.3. The van der Waals surface area contributed by atoms with E-state index in [-0.39, 0.29) is 10.5 Å². The van der Waals surface area contributed by atoms with Crippen molar-refractivity contribution in [3.8, 4) is 0 Å². The fraction of sp³-hybridized carbons (Fsp3) is 0.400. The number of H-pyrrole nitrogens is 1.